The van der Waals surface area contributed by atoms with E-state index in [2.05, 4.69) is 15.8 Å². The van der Waals surface area contributed by atoms with Gasteiger partial charge in [-0.05, 0) is 29.7 Å². The average molecular weight is 394 g/mol. The molecule has 0 heterocycles. The number of hydrogen-bond donors (Lipinski definition) is 2. The zero-order valence-electron chi connectivity index (χ0n) is 14.0. The predicted octanol–water partition coefficient (Wildman–Crippen LogP) is 2.81. The van der Waals surface area contributed by atoms with E-state index in [4.69, 9.17) is 27.9 Å². The first-order valence-electron chi connectivity index (χ1n) is 7.69. The van der Waals surface area contributed by atoms with Gasteiger partial charge in [0, 0.05) is 6.54 Å². The fourth-order valence-corrected chi connectivity index (χ4v) is 2.77. The Kier molecular flexibility index (Phi) is 7.44. The van der Waals surface area contributed by atoms with Gasteiger partial charge in [-0.25, -0.2) is 5.43 Å². The highest BCUT2D eigenvalue weighted by molar-refractivity contribution is 6.37. The SMILES string of the molecule is COc1c(Cl)cc(/C=N\NC(=O)C(=O)NCCc2ccccc2)cc1Cl. The Morgan fingerprint density at radius 1 is 1.12 bits per heavy atom. The van der Waals surface area contributed by atoms with E-state index in [0.717, 1.165) is 5.56 Å². The van der Waals surface area contributed by atoms with Gasteiger partial charge < -0.3 is 10.1 Å². The molecule has 0 aromatic heterocycles. The molecule has 0 saturated heterocycles. The number of carbonyl (C=O) groups excluding carboxylic acids is 2. The maximum absolute atomic E-state index is 11.7. The number of hydrogen-bond acceptors (Lipinski definition) is 4. The van der Waals surface area contributed by atoms with E-state index in [-0.39, 0.29) is 0 Å². The summed E-state index contributed by atoms with van der Waals surface area (Å²) in [7, 11) is 1.46. The van der Waals surface area contributed by atoms with Crippen molar-refractivity contribution in [2.24, 2.45) is 5.10 Å². The molecule has 136 valence electrons. The molecule has 2 aromatic carbocycles. The molecule has 2 N–H and O–H groups in total. The molecule has 2 aromatic rings. The predicted molar refractivity (Wildman–Crippen MR) is 102 cm³/mol. The number of hydrazone groups is 1. The van der Waals surface area contributed by atoms with Crippen LogP contribution in [0, 0.1) is 0 Å². The molecule has 0 radical (unpaired) electrons. The Morgan fingerprint density at radius 2 is 1.77 bits per heavy atom. The second-order valence-electron chi connectivity index (χ2n) is 5.21. The molecule has 0 fully saturated rings. The minimum absolute atomic E-state index is 0.312. The minimum atomic E-state index is -0.861. The van der Waals surface area contributed by atoms with Gasteiger partial charge >= 0.3 is 11.8 Å². The van der Waals surface area contributed by atoms with Crippen molar-refractivity contribution in [1.82, 2.24) is 10.7 Å². The number of ether oxygens (including phenoxy) is 1. The van der Waals surface area contributed by atoms with E-state index in [1.807, 2.05) is 30.3 Å². The number of nitrogens with one attached hydrogen (secondary N) is 2. The summed E-state index contributed by atoms with van der Waals surface area (Å²) in [5.41, 5.74) is 3.76. The van der Waals surface area contributed by atoms with Gasteiger partial charge in [0.2, 0.25) is 0 Å². The number of halogens is 2. The van der Waals surface area contributed by atoms with E-state index < -0.39 is 11.8 Å². The van der Waals surface area contributed by atoms with Crippen molar-refractivity contribution >= 4 is 41.2 Å². The standard InChI is InChI=1S/C18H17Cl2N3O3/c1-26-16-14(19)9-13(10-15(16)20)11-22-23-18(25)17(24)21-8-7-12-5-3-2-4-6-12/h2-6,9-11H,7-8H2,1H3,(H,21,24)(H,23,25)/b22-11-. The van der Waals surface area contributed by atoms with Gasteiger partial charge in [-0.15, -0.1) is 0 Å². The monoisotopic (exact) mass is 393 g/mol. The molecular weight excluding hydrogens is 377 g/mol. The summed E-state index contributed by atoms with van der Waals surface area (Å²) in [6.45, 7) is 0.351. The van der Waals surface area contributed by atoms with Crippen molar-refractivity contribution in [2.45, 2.75) is 6.42 Å². The van der Waals surface area contributed by atoms with Crippen molar-refractivity contribution in [3.05, 3.63) is 63.6 Å². The number of benzene rings is 2. The number of rotatable bonds is 6. The van der Waals surface area contributed by atoms with Crippen molar-refractivity contribution in [1.29, 1.82) is 0 Å². The first-order valence-corrected chi connectivity index (χ1v) is 8.45. The lowest BCUT2D eigenvalue weighted by molar-refractivity contribution is -0.139. The van der Waals surface area contributed by atoms with E-state index in [1.165, 1.54) is 13.3 Å². The van der Waals surface area contributed by atoms with Crippen molar-refractivity contribution < 1.29 is 14.3 Å². The van der Waals surface area contributed by atoms with Crippen LogP contribution in [0.2, 0.25) is 10.0 Å². The van der Waals surface area contributed by atoms with Crippen LogP contribution in [-0.2, 0) is 16.0 Å². The van der Waals surface area contributed by atoms with E-state index in [0.29, 0.717) is 34.3 Å². The van der Waals surface area contributed by atoms with Gasteiger partial charge in [0.25, 0.3) is 0 Å². The maximum atomic E-state index is 11.7. The molecular formula is C18H17Cl2N3O3. The van der Waals surface area contributed by atoms with Crippen LogP contribution in [0.3, 0.4) is 0 Å². The zero-order valence-corrected chi connectivity index (χ0v) is 15.5. The molecule has 0 aliphatic heterocycles. The van der Waals surface area contributed by atoms with Crippen LogP contribution in [0.1, 0.15) is 11.1 Å². The third kappa shape index (κ3) is 5.75. The molecule has 2 amide bonds. The summed E-state index contributed by atoms with van der Waals surface area (Å²) in [6.07, 6.45) is 1.96. The van der Waals surface area contributed by atoms with Crippen LogP contribution in [0.25, 0.3) is 0 Å². The van der Waals surface area contributed by atoms with Gasteiger partial charge in [-0.3, -0.25) is 9.59 Å². The van der Waals surface area contributed by atoms with Crippen molar-refractivity contribution in [3.63, 3.8) is 0 Å². The molecule has 0 bridgehead atoms. The van der Waals surface area contributed by atoms with Crippen LogP contribution in [-0.4, -0.2) is 31.7 Å². The molecule has 6 nitrogen and oxygen atoms in total. The maximum Gasteiger partial charge on any atom is 0.329 e. The van der Waals surface area contributed by atoms with Crippen LogP contribution in [0.5, 0.6) is 5.75 Å². The smallest absolute Gasteiger partial charge is 0.329 e. The first kappa shape index (κ1) is 19.8. The highest BCUT2D eigenvalue weighted by atomic mass is 35.5. The Bertz CT molecular complexity index is 788. The number of nitrogens with zero attached hydrogens (tertiary/aromatic N) is 1. The summed E-state index contributed by atoms with van der Waals surface area (Å²) < 4.78 is 5.04. The molecule has 0 atom stereocenters. The van der Waals surface area contributed by atoms with E-state index in [9.17, 15) is 9.59 Å². The number of carbonyl (C=O) groups is 2. The fraction of sp³-hybridized carbons (Fsp3) is 0.167. The van der Waals surface area contributed by atoms with Gasteiger partial charge in [-0.1, -0.05) is 53.5 Å². The Morgan fingerprint density at radius 3 is 2.38 bits per heavy atom. The van der Waals surface area contributed by atoms with Crippen molar-refractivity contribution in [3.8, 4) is 5.75 Å². The van der Waals surface area contributed by atoms with Gasteiger partial charge in [-0.2, -0.15) is 5.10 Å². The number of amides is 2. The Labute approximate surface area is 161 Å². The summed E-state index contributed by atoms with van der Waals surface area (Å²) in [6, 6.07) is 12.8. The first-order chi connectivity index (χ1) is 12.5. The number of methoxy groups -OCH3 is 1. The molecule has 8 heteroatoms. The normalized spacial score (nSPS) is 10.6. The minimum Gasteiger partial charge on any atom is -0.494 e. The van der Waals surface area contributed by atoms with E-state index in [1.54, 1.807) is 12.1 Å². The third-order valence-electron chi connectivity index (χ3n) is 3.35. The van der Waals surface area contributed by atoms with Gasteiger partial charge in [0.05, 0.1) is 23.4 Å². The fourth-order valence-electron chi connectivity index (χ4n) is 2.11. The lowest BCUT2D eigenvalue weighted by Crippen LogP contribution is -2.38. The lowest BCUT2D eigenvalue weighted by atomic mass is 10.1. The Balaban J connectivity index is 1.82. The molecule has 26 heavy (non-hydrogen) atoms. The second kappa shape index (κ2) is 9.79. The van der Waals surface area contributed by atoms with Gasteiger partial charge in [0.1, 0.15) is 0 Å². The van der Waals surface area contributed by atoms with Crippen LogP contribution < -0.4 is 15.5 Å². The highest BCUT2D eigenvalue weighted by Gasteiger charge is 2.12. The summed E-state index contributed by atoms with van der Waals surface area (Å²) >= 11 is 12.0. The quantitative estimate of drug-likeness (QED) is 0.449. The summed E-state index contributed by atoms with van der Waals surface area (Å²) in [4.78, 5) is 23.4. The molecule has 0 saturated carbocycles. The zero-order chi connectivity index (χ0) is 18.9. The molecule has 0 spiro atoms. The largest absolute Gasteiger partial charge is 0.494 e. The summed E-state index contributed by atoms with van der Waals surface area (Å²) in [5.74, 6) is -1.27. The summed E-state index contributed by atoms with van der Waals surface area (Å²) in [5, 5.41) is 6.88. The lowest BCUT2D eigenvalue weighted by Gasteiger charge is -2.06. The highest BCUT2D eigenvalue weighted by Crippen LogP contribution is 2.33. The average Bonchev–Trinajstić information content (AvgIpc) is 2.62. The second-order valence-corrected chi connectivity index (χ2v) is 6.02. The molecule has 0 aliphatic carbocycles. The van der Waals surface area contributed by atoms with Crippen LogP contribution in [0.15, 0.2) is 47.6 Å². The molecule has 0 unspecified atom stereocenters. The van der Waals surface area contributed by atoms with Crippen LogP contribution in [0.4, 0.5) is 0 Å². The Hall–Kier alpha value is -2.57. The topological polar surface area (TPSA) is 79.8 Å². The van der Waals surface area contributed by atoms with Crippen molar-refractivity contribution in [2.75, 3.05) is 13.7 Å². The van der Waals surface area contributed by atoms with Gasteiger partial charge in [0.15, 0.2) is 5.75 Å². The molecule has 0 aliphatic rings. The molecule has 2 rings (SSSR count). The third-order valence-corrected chi connectivity index (χ3v) is 3.91. The van der Waals surface area contributed by atoms with Crippen LogP contribution >= 0.6 is 23.2 Å². The van der Waals surface area contributed by atoms with E-state index >= 15 is 0 Å².